The summed E-state index contributed by atoms with van der Waals surface area (Å²) in [5, 5.41) is 12.1. The fourth-order valence-electron chi connectivity index (χ4n) is 4.11. The number of nitrogens with one attached hydrogen (secondary N) is 1. The van der Waals surface area contributed by atoms with Crippen LogP contribution in [0.25, 0.3) is 0 Å². The minimum atomic E-state index is -1.00. The number of aliphatic carboxylic acids is 1. The molecule has 1 amide bonds. The van der Waals surface area contributed by atoms with E-state index >= 15 is 0 Å². The minimum Gasteiger partial charge on any atom is -0.480 e. The van der Waals surface area contributed by atoms with E-state index < -0.39 is 12.0 Å². The molecule has 2 N–H and O–H groups in total. The van der Waals surface area contributed by atoms with Gasteiger partial charge in [-0.05, 0) is 43.4 Å². The molecule has 1 saturated heterocycles. The molecule has 2 fully saturated rings. The van der Waals surface area contributed by atoms with Gasteiger partial charge in [-0.2, -0.15) is 0 Å². The second-order valence-electron chi connectivity index (χ2n) is 8.04. The molecule has 6 heteroatoms. The topological polar surface area (TPSA) is 84.9 Å². The Kier molecular flexibility index (Phi) is 7.69. The molecular weight excluding hydrogens is 322 g/mol. The van der Waals surface area contributed by atoms with Gasteiger partial charge in [0.2, 0.25) is 5.91 Å². The van der Waals surface area contributed by atoms with Crippen molar-refractivity contribution in [2.75, 3.05) is 19.8 Å². The lowest BCUT2D eigenvalue weighted by Gasteiger charge is -2.37. The Labute approximate surface area is 150 Å². The summed E-state index contributed by atoms with van der Waals surface area (Å²) in [6.45, 7) is 7.58. The lowest BCUT2D eigenvalue weighted by Crippen LogP contribution is -2.50. The molecule has 0 bridgehead atoms. The van der Waals surface area contributed by atoms with Crippen LogP contribution in [0.3, 0.4) is 0 Å². The minimum absolute atomic E-state index is 0.0715. The molecule has 0 aromatic carbocycles. The molecule has 5 atom stereocenters. The maximum Gasteiger partial charge on any atom is 0.326 e. The Balaban J connectivity index is 1.86. The number of carboxylic acid groups (broad SMARTS) is 1. The Morgan fingerprint density at radius 3 is 2.64 bits per heavy atom. The van der Waals surface area contributed by atoms with E-state index in [4.69, 9.17) is 9.47 Å². The van der Waals surface area contributed by atoms with E-state index in [2.05, 4.69) is 26.1 Å². The molecule has 0 radical (unpaired) electrons. The van der Waals surface area contributed by atoms with Crippen molar-refractivity contribution in [3.8, 4) is 0 Å². The number of amides is 1. The Bertz CT molecular complexity index is 447. The van der Waals surface area contributed by atoms with E-state index in [-0.39, 0.29) is 24.5 Å². The molecule has 2 rings (SSSR count). The van der Waals surface area contributed by atoms with Crippen molar-refractivity contribution >= 4 is 11.9 Å². The third-order valence-corrected chi connectivity index (χ3v) is 5.64. The summed E-state index contributed by atoms with van der Waals surface area (Å²) in [6, 6.07) is -0.900. The van der Waals surface area contributed by atoms with E-state index in [1.54, 1.807) is 0 Å². The monoisotopic (exact) mass is 355 g/mol. The van der Waals surface area contributed by atoms with Crippen molar-refractivity contribution in [1.29, 1.82) is 0 Å². The van der Waals surface area contributed by atoms with Crippen molar-refractivity contribution in [2.24, 2.45) is 23.7 Å². The smallest absolute Gasteiger partial charge is 0.326 e. The summed E-state index contributed by atoms with van der Waals surface area (Å²) in [4.78, 5) is 23.8. The van der Waals surface area contributed by atoms with Gasteiger partial charge in [-0.1, -0.05) is 27.2 Å². The summed E-state index contributed by atoms with van der Waals surface area (Å²) < 4.78 is 11.3. The van der Waals surface area contributed by atoms with E-state index in [0.29, 0.717) is 31.0 Å². The molecular formula is C19H33NO5. The van der Waals surface area contributed by atoms with Crippen molar-refractivity contribution in [3.05, 3.63) is 0 Å². The third kappa shape index (κ3) is 5.96. The highest BCUT2D eigenvalue weighted by molar-refractivity contribution is 5.84. The van der Waals surface area contributed by atoms with Crippen LogP contribution in [0.4, 0.5) is 0 Å². The van der Waals surface area contributed by atoms with Crippen LogP contribution >= 0.6 is 0 Å². The van der Waals surface area contributed by atoms with Gasteiger partial charge in [-0.15, -0.1) is 0 Å². The molecule has 25 heavy (non-hydrogen) atoms. The van der Waals surface area contributed by atoms with Crippen LogP contribution in [0.5, 0.6) is 0 Å². The number of carbonyl (C=O) groups excluding carboxylic acids is 1. The average Bonchev–Trinajstić information content (AvgIpc) is 2.58. The molecule has 0 aromatic rings. The molecule has 1 aliphatic heterocycles. The Hall–Kier alpha value is -1.14. The first-order chi connectivity index (χ1) is 11.9. The lowest BCUT2D eigenvalue weighted by molar-refractivity contribution is -0.147. The van der Waals surface area contributed by atoms with Gasteiger partial charge in [0.15, 0.2) is 0 Å². The summed E-state index contributed by atoms with van der Waals surface area (Å²) >= 11 is 0. The maximum absolute atomic E-state index is 12.3. The highest BCUT2D eigenvalue weighted by atomic mass is 16.5. The highest BCUT2D eigenvalue weighted by Gasteiger charge is 2.34. The summed E-state index contributed by atoms with van der Waals surface area (Å²) in [7, 11) is 0. The zero-order chi connectivity index (χ0) is 18.4. The fraction of sp³-hybridized carbons (Fsp3) is 0.895. The van der Waals surface area contributed by atoms with Crippen LogP contribution in [0, 0.1) is 23.7 Å². The zero-order valence-electron chi connectivity index (χ0n) is 15.7. The first kappa shape index (κ1) is 20.2. The molecule has 6 nitrogen and oxygen atoms in total. The zero-order valence-corrected chi connectivity index (χ0v) is 15.7. The van der Waals surface area contributed by atoms with E-state index in [1.807, 2.05) is 0 Å². The number of hydrogen-bond donors (Lipinski definition) is 2. The molecule has 1 heterocycles. The van der Waals surface area contributed by atoms with Gasteiger partial charge in [0, 0.05) is 12.5 Å². The normalized spacial score (nSPS) is 31.5. The maximum atomic E-state index is 12.3. The largest absolute Gasteiger partial charge is 0.480 e. The molecule has 5 unspecified atom stereocenters. The summed E-state index contributed by atoms with van der Waals surface area (Å²) in [6.07, 6.45) is 4.97. The molecule has 1 aliphatic carbocycles. The Morgan fingerprint density at radius 1 is 1.28 bits per heavy atom. The van der Waals surface area contributed by atoms with Gasteiger partial charge in [0.1, 0.15) is 12.6 Å². The van der Waals surface area contributed by atoms with Crippen molar-refractivity contribution in [2.45, 2.75) is 65.0 Å². The van der Waals surface area contributed by atoms with Crippen LogP contribution in [0.1, 0.15) is 52.9 Å². The third-order valence-electron chi connectivity index (χ3n) is 5.64. The molecule has 144 valence electrons. The molecule has 0 aromatic heterocycles. The van der Waals surface area contributed by atoms with E-state index in [9.17, 15) is 14.7 Å². The number of rotatable bonds is 7. The highest BCUT2D eigenvalue weighted by Crippen LogP contribution is 2.35. The van der Waals surface area contributed by atoms with Gasteiger partial charge < -0.3 is 19.9 Å². The predicted molar refractivity (Wildman–Crippen MR) is 94.2 cm³/mol. The van der Waals surface area contributed by atoms with Crippen LogP contribution < -0.4 is 5.32 Å². The molecule has 0 spiro atoms. The van der Waals surface area contributed by atoms with Crippen molar-refractivity contribution < 1.29 is 24.2 Å². The van der Waals surface area contributed by atoms with E-state index in [1.165, 1.54) is 6.42 Å². The van der Waals surface area contributed by atoms with Crippen molar-refractivity contribution in [3.63, 3.8) is 0 Å². The first-order valence-corrected chi connectivity index (χ1v) is 9.60. The van der Waals surface area contributed by atoms with E-state index in [0.717, 1.165) is 25.7 Å². The number of carboxylic acids is 1. The SMILES string of the molecule is CC1CCC(C(C)C)C(OCC(=O)NC(C(=O)O)C2CCCOC2)C1. The average molecular weight is 355 g/mol. The summed E-state index contributed by atoms with van der Waals surface area (Å²) in [5.74, 6) is 0.0640. The van der Waals surface area contributed by atoms with Gasteiger partial charge >= 0.3 is 5.97 Å². The van der Waals surface area contributed by atoms with Crippen LogP contribution in [-0.2, 0) is 19.1 Å². The second kappa shape index (κ2) is 9.53. The van der Waals surface area contributed by atoms with Crippen molar-refractivity contribution in [1.82, 2.24) is 5.32 Å². The second-order valence-corrected chi connectivity index (χ2v) is 8.04. The van der Waals surface area contributed by atoms with Crippen LogP contribution in [0.2, 0.25) is 0 Å². The number of carbonyl (C=O) groups is 2. The number of hydrogen-bond acceptors (Lipinski definition) is 4. The van der Waals surface area contributed by atoms with Crippen LogP contribution in [-0.4, -0.2) is 48.9 Å². The van der Waals surface area contributed by atoms with Gasteiger partial charge in [-0.3, -0.25) is 4.79 Å². The first-order valence-electron chi connectivity index (χ1n) is 9.60. The van der Waals surface area contributed by atoms with Gasteiger partial charge in [-0.25, -0.2) is 4.79 Å². The molecule has 2 aliphatic rings. The summed E-state index contributed by atoms with van der Waals surface area (Å²) in [5.41, 5.74) is 0. The fourth-order valence-corrected chi connectivity index (χ4v) is 4.11. The lowest BCUT2D eigenvalue weighted by atomic mass is 9.75. The Morgan fingerprint density at radius 2 is 2.04 bits per heavy atom. The number of ether oxygens (including phenoxy) is 2. The standard InChI is InChI=1S/C19H33NO5/c1-12(2)15-7-6-13(3)9-16(15)25-11-17(21)20-18(19(22)23)14-5-4-8-24-10-14/h12-16,18H,4-11H2,1-3H3,(H,20,21)(H,22,23). The van der Waals surface area contributed by atoms with Crippen LogP contribution in [0.15, 0.2) is 0 Å². The van der Waals surface area contributed by atoms with Gasteiger partial charge in [0.05, 0.1) is 12.7 Å². The van der Waals surface area contributed by atoms with Gasteiger partial charge in [0.25, 0.3) is 0 Å². The molecule has 1 saturated carbocycles. The quantitative estimate of drug-likeness (QED) is 0.733. The predicted octanol–water partition coefficient (Wildman–Crippen LogP) is 2.46.